The second kappa shape index (κ2) is 5.24. The molecular formula is C16H15Cl2N3. The Labute approximate surface area is 133 Å². The number of hydrogen-bond donors (Lipinski definition) is 1. The second-order valence-electron chi connectivity index (χ2n) is 5.30. The van der Waals surface area contributed by atoms with E-state index in [0.717, 1.165) is 22.5 Å². The van der Waals surface area contributed by atoms with Crippen molar-refractivity contribution in [1.29, 1.82) is 0 Å². The molecule has 3 rings (SSSR count). The highest BCUT2D eigenvalue weighted by atomic mass is 35.5. The summed E-state index contributed by atoms with van der Waals surface area (Å²) < 4.78 is 2.07. The number of fused-ring (bicyclic) bond motifs is 1. The average Bonchev–Trinajstić information content (AvgIpc) is 2.77. The third-order valence-electron chi connectivity index (χ3n) is 3.37. The lowest BCUT2D eigenvalue weighted by Gasteiger charge is -2.13. The Morgan fingerprint density at radius 2 is 1.86 bits per heavy atom. The van der Waals surface area contributed by atoms with Gasteiger partial charge in [0.2, 0.25) is 0 Å². The van der Waals surface area contributed by atoms with Crippen LogP contribution in [0.4, 0.5) is 5.69 Å². The van der Waals surface area contributed by atoms with Crippen LogP contribution in [0.1, 0.15) is 25.6 Å². The third kappa shape index (κ3) is 2.47. The van der Waals surface area contributed by atoms with E-state index < -0.39 is 0 Å². The first-order valence-electron chi connectivity index (χ1n) is 6.70. The van der Waals surface area contributed by atoms with Crippen LogP contribution < -0.4 is 5.73 Å². The third-order valence-corrected chi connectivity index (χ3v) is 3.91. The van der Waals surface area contributed by atoms with Crippen molar-refractivity contribution < 1.29 is 0 Å². The quantitative estimate of drug-likeness (QED) is 0.672. The number of hydrogen-bond acceptors (Lipinski definition) is 2. The Bertz CT molecular complexity index is 822. The van der Waals surface area contributed by atoms with Gasteiger partial charge in [0.05, 0.1) is 21.7 Å². The highest BCUT2D eigenvalue weighted by Crippen LogP contribution is 2.32. The second-order valence-corrected chi connectivity index (χ2v) is 6.15. The number of halogens is 2. The molecule has 0 atom stereocenters. The highest BCUT2D eigenvalue weighted by Gasteiger charge is 2.17. The van der Waals surface area contributed by atoms with Crippen LogP contribution in [0.25, 0.3) is 16.7 Å². The molecule has 0 unspecified atom stereocenters. The number of nitrogens with two attached hydrogens (primary N) is 1. The van der Waals surface area contributed by atoms with E-state index in [-0.39, 0.29) is 5.92 Å². The first-order valence-corrected chi connectivity index (χ1v) is 7.46. The standard InChI is InChI=1S/C16H15Cl2N3/c1-9(2)16-20-13-8-11(19)4-6-15(13)21(16)14-5-3-10(17)7-12(14)18/h3-9H,19H2,1-2H3. The molecule has 0 saturated carbocycles. The molecule has 2 N–H and O–H groups in total. The van der Waals surface area contributed by atoms with Gasteiger partial charge >= 0.3 is 0 Å². The Morgan fingerprint density at radius 3 is 2.52 bits per heavy atom. The molecule has 1 aromatic heterocycles. The van der Waals surface area contributed by atoms with E-state index in [1.807, 2.05) is 30.3 Å². The van der Waals surface area contributed by atoms with Gasteiger partial charge in [0, 0.05) is 16.6 Å². The van der Waals surface area contributed by atoms with Crippen molar-refractivity contribution in [3.63, 3.8) is 0 Å². The molecule has 0 saturated heterocycles. The van der Waals surface area contributed by atoms with E-state index in [0.29, 0.717) is 15.7 Å². The summed E-state index contributed by atoms with van der Waals surface area (Å²) in [6, 6.07) is 11.2. The number of benzene rings is 2. The van der Waals surface area contributed by atoms with Crippen LogP contribution >= 0.6 is 23.2 Å². The molecule has 108 valence electrons. The van der Waals surface area contributed by atoms with Gasteiger partial charge in [-0.15, -0.1) is 0 Å². The molecule has 0 aliphatic heterocycles. The van der Waals surface area contributed by atoms with Crippen LogP contribution in [-0.2, 0) is 0 Å². The normalized spacial score (nSPS) is 11.5. The topological polar surface area (TPSA) is 43.8 Å². The van der Waals surface area contributed by atoms with E-state index >= 15 is 0 Å². The molecule has 1 heterocycles. The largest absolute Gasteiger partial charge is 0.399 e. The fourth-order valence-corrected chi connectivity index (χ4v) is 2.91. The lowest BCUT2D eigenvalue weighted by atomic mass is 10.2. The van der Waals surface area contributed by atoms with Gasteiger partial charge in [-0.2, -0.15) is 0 Å². The summed E-state index contributed by atoms with van der Waals surface area (Å²) in [5.41, 5.74) is 9.27. The Balaban J connectivity index is 2.36. The number of nitrogen functional groups attached to an aromatic ring is 1. The zero-order chi connectivity index (χ0) is 15.1. The van der Waals surface area contributed by atoms with Crippen molar-refractivity contribution >= 4 is 39.9 Å². The number of nitrogens with zero attached hydrogens (tertiary/aromatic N) is 2. The molecular weight excluding hydrogens is 305 g/mol. The fourth-order valence-electron chi connectivity index (χ4n) is 2.42. The SMILES string of the molecule is CC(C)c1nc2cc(N)ccc2n1-c1ccc(Cl)cc1Cl. The molecule has 3 aromatic rings. The van der Waals surface area contributed by atoms with Gasteiger partial charge in [0.25, 0.3) is 0 Å². The first-order chi connectivity index (χ1) is 9.97. The van der Waals surface area contributed by atoms with Crippen LogP contribution in [0, 0.1) is 0 Å². The molecule has 0 spiro atoms. The monoisotopic (exact) mass is 319 g/mol. The number of rotatable bonds is 2. The summed E-state index contributed by atoms with van der Waals surface area (Å²) in [5, 5.41) is 1.21. The average molecular weight is 320 g/mol. The molecule has 21 heavy (non-hydrogen) atoms. The maximum absolute atomic E-state index is 6.37. The molecule has 2 aromatic carbocycles. The van der Waals surface area contributed by atoms with Crippen LogP contribution in [0.15, 0.2) is 36.4 Å². The van der Waals surface area contributed by atoms with Crippen LogP contribution in [0.3, 0.4) is 0 Å². The molecule has 0 bridgehead atoms. The first kappa shape index (κ1) is 14.2. The molecule has 0 aliphatic carbocycles. The number of imidazole rings is 1. The van der Waals surface area contributed by atoms with Crippen molar-refractivity contribution in [2.45, 2.75) is 19.8 Å². The summed E-state index contributed by atoms with van der Waals surface area (Å²) in [6.07, 6.45) is 0. The minimum absolute atomic E-state index is 0.255. The summed E-state index contributed by atoms with van der Waals surface area (Å²) in [5.74, 6) is 1.20. The van der Waals surface area contributed by atoms with Crippen LogP contribution in [0.2, 0.25) is 10.0 Å². The zero-order valence-electron chi connectivity index (χ0n) is 11.8. The fraction of sp³-hybridized carbons (Fsp3) is 0.188. The Kier molecular flexibility index (Phi) is 3.56. The number of aromatic nitrogens is 2. The van der Waals surface area contributed by atoms with Crippen LogP contribution in [-0.4, -0.2) is 9.55 Å². The van der Waals surface area contributed by atoms with Gasteiger partial charge in [0.15, 0.2) is 0 Å². The van der Waals surface area contributed by atoms with E-state index in [4.69, 9.17) is 33.9 Å². The minimum Gasteiger partial charge on any atom is -0.399 e. The van der Waals surface area contributed by atoms with E-state index in [9.17, 15) is 0 Å². The zero-order valence-corrected chi connectivity index (χ0v) is 13.3. The smallest absolute Gasteiger partial charge is 0.117 e. The molecule has 5 heteroatoms. The highest BCUT2D eigenvalue weighted by molar-refractivity contribution is 6.35. The van der Waals surface area contributed by atoms with Gasteiger partial charge in [-0.05, 0) is 36.4 Å². The van der Waals surface area contributed by atoms with E-state index in [2.05, 4.69) is 18.4 Å². The van der Waals surface area contributed by atoms with E-state index in [1.54, 1.807) is 6.07 Å². The predicted octanol–water partition coefficient (Wildman–Crippen LogP) is 5.04. The summed E-state index contributed by atoms with van der Waals surface area (Å²) in [4.78, 5) is 4.70. The minimum atomic E-state index is 0.255. The molecule has 3 nitrogen and oxygen atoms in total. The van der Waals surface area contributed by atoms with Crippen molar-refractivity contribution in [3.05, 3.63) is 52.3 Å². The van der Waals surface area contributed by atoms with Crippen molar-refractivity contribution in [3.8, 4) is 5.69 Å². The van der Waals surface area contributed by atoms with Crippen molar-refractivity contribution in [2.24, 2.45) is 0 Å². The lowest BCUT2D eigenvalue weighted by molar-refractivity contribution is 0.760. The Morgan fingerprint density at radius 1 is 1.10 bits per heavy atom. The Hall–Kier alpha value is -1.71. The predicted molar refractivity (Wildman–Crippen MR) is 89.6 cm³/mol. The van der Waals surface area contributed by atoms with Gasteiger partial charge in [-0.1, -0.05) is 37.0 Å². The molecule has 0 amide bonds. The van der Waals surface area contributed by atoms with Gasteiger partial charge in [-0.25, -0.2) is 4.98 Å². The van der Waals surface area contributed by atoms with E-state index in [1.165, 1.54) is 0 Å². The number of anilines is 1. The summed E-state index contributed by atoms with van der Waals surface area (Å²) in [7, 11) is 0. The van der Waals surface area contributed by atoms with Gasteiger partial charge in [-0.3, -0.25) is 4.57 Å². The molecule has 0 fully saturated rings. The maximum atomic E-state index is 6.37. The van der Waals surface area contributed by atoms with Crippen molar-refractivity contribution in [1.82, 2.24) is 9.55 Å². The maximum Gasteiger partial charge on any atom is 0.117 e. The van der Waals surface area contributed by atoms with Crippen LogP contribution in [0.5, 0.6) is 0 Å². The lowest BCUT2D eigenvalue weighted by Crippen LogP contribution is -2.03. The summed E-state index contributed by atoms with van der Waals surface area (Å²) >= 11 is 12.4. The van der Waals surface area contributed by atoms with Gasteiger partial charge in [0.1, 0.15) is 5.82 Å². The summed E-state index contributed by atoms with van der Waals surface area (Å²) in [6.45, 7) is 4.20. The van der Waals surface area contributed by atoms with Crippen molar-refractivity contribution in [2.75, 3.05) is 5.73 Å². The molecule has 0 aliphatic rings. The molecule has 0 radical (unpaired) electrons. The van der Waals surface area contributed by atoms with Gasteiger partial charge < -0.3 is 5.73 Å².